The number of methoxy groups -OCH3 is 3. The molecule has 1 heterocycles. The first-order chi connectivity index (χ1) is 19.0. The van der Waals surface area contributed by atoms with Crippen molar-refractivity contribution in [3.8, 4) is 17.2 Å². The number of ether oxygens (including phenoxy) is 3. The molecule has 1 aliphatic carbocycles. The molecular formula is C31H33ClN2O5. The fourth-order valence-corrected chi connectivity index (χ4v) is 6.16. The van der Waals surface area contributed by atoms with Crippen LogP contribution < -0.4 is 19.5 Å². The Labute approximate surface area is 234 Å². The van der Waals surface area contributed by atoms with E-state index in [0.717, 1.165) is 37.7 Å². The molecule has 0 aromatic heterocycles. The fourth-order valence-electron chi connectivity index (χ4n) is 5.92. The number of hydrogen-bond acceptors (Lipinski definition) is 5. The highest BCUT2D eigenvalue weighted by Gasteiger charge is 2.46. The number of rotatable bonds is 7. The third-order valence-electron chi connectivity index (χ3n) is 7.82. The van der Waals surface area contributed by atoms with E-state index in [1.54, 1.807) is 19.2 Å². The van der Waals surface area contributed by atoms with Crippen LogP contribution in [0.15, 0.2) is 60.7 Å². The molecule has 2 amide bonds. The average Bonchev–Trinajstić information content (AvgIpc) is 2.97. The first-order valence-electron chi connectivity index (χ1n) is 13.2. The molecule has 8 heteroatoms. The van der Waals surface area contributed by atoms with Gasteiger partial charge in [-0.05, 0) is 48.2 Å². The summed E-state index contributed by atoms with van der Waals surface area (Å²) in [4.78, 5) is 30.3. The molecular weight excluding hydrogens is 516 g/mol. The van der Waals surface area contributed by atoms with Gasteiger partial charge in [-0.2, -0.15) is 0 Å². The lowest BCUT2D eigenvalue weighted by Gasteiger charge is -2.46. The molecule has 3 aromatic rings. The third kappa shape index (κ3) is 5.15. The lowest BCUT2D eigenvalue weighted by molar-refractivity contribution is -0.119. The molecule has 1 fully saturated rings. The van der Waals surface area contributed by atoms with Crippen LogP contribution in [0.4, 0.5) is 5.69 Å². The minimum Gasteiger partial charge on any atom is -0.497 e. The number of carbonyl (C=O) groups is 2. The summed E-state index contributed by atoms with van der Waals surface area (Å²) in [6.07, 6.45) is 5.10. The number of amides is 2. The number of carbonyl (C=O) groups excluding carboxylic acids is 2. The molecule has 1 saturated carbocycles. The van der Waals surface area contributed by atoms with Gasteiger partial charge in [0.1, 0.15) is 17.2 Å². The van der Waals surface area contributed by atoms with Gasteiger partial charge >= 0.3 is 0 Å². The van der Waals surface area contributed by atoms with E-state index in [0.29, 0.717) is 39.1 Å². The highest BCUT2D eigenvalue weighted by molar-refractivity contribution is 6.32. The third-order valence-corrected chi connectivity index (χ3v) is 8.11. The van der Waals surface area contributed by atoms with Crippen molar-refractivity contribution in [3.63, 3.8) is 0 Å². The second kappa shape index (κ2) is 11.6. The van der Waals surface area contributed by atoms with E-state index in [2.05, 4.69) is 5.32 Å². The van der Waals surface area contributed by atoms with Crippen LogP contribution in [0, 0.1) is 0 Å². The van der Waals surface area contributed by atoms with Gasteiger partial charge in [0.15, 0.2) is 0 Å². The smallest absolute Gasteiger partial charge is 0.254 e. The van der Waals surface area contributed by atoms with Crippen molar-refractivity contribution < 1.29 is 23.8 Å². The van der Waals surface area contributed by atoms with Gasteiger partial charge in [0, 0.05) is 17.7 Å². The average molecular weight is 549 g/mol. The highest BCUT2D eigenvalue weighted by atomic mass is 35.5. The van der Waals surface area contributed by atoms with Crippen molar-refractivity contribution in [1.82, 2.24) is 4.90 Å². The maximum absolute atomic E-state index is 14.3. The minimum absolute atomic E-state index is 0.0348. The van der Waals surface area contributed by atoms with Gasteiger partial charge in [0.25, 0.3) is 5.91 Å². The van der Waals surface area contributed by atoms with E-state index in [1.165, 1.54) is 14.2 Å². The molecule has 0 spiro atoms. The monoisotopic (exact) mass is 548 g/mol. The molecule has 204 valence electrons. The van der Waals surface area contributed by atoms with Crippen molar-refractivity contribution in [2.24, 2.45) is 0 Å². The minimum atomic E-state index is -0.667. The van der Waals surface area contributed by atoms with E-state index >= 15 is 0 Å². The van der Waals surface area contributed by atoms with Crippen LogP contribution in [0.3, 0.4) is 0 Å². The summed E-state index contributed by atoms with van der Waals surface area (Å²) < 4.78 is 16.2. The first kappa shape index (κ1) is 26.9. The molecule has 2 aliphatic rings. The zero-order valence-corrected chi connectivity index (χ0v) is 23.2. The zero-order chi connectivity index (χ0) is 27.5. The fraction of sp³-hybridized carbons (Fsp3) is 0.355. The Bertz CT molecular complexity index is 1350. The topological polar surface area (TPSA) is 77.1 Å². The lowest BCUT2D eigenvalue weighted by Crippen LogP contribution is -2.51. The van der Waals surface area contributed by atoms with E-state index in [1.807, 2.05) is 53.4 Å². The van der Waals surface area contributed by atoms with Gasteiger partial charge in [0.2, 0.25) is 5.91 Å². The Balaban J connectivity index is 1.63. The Hall–Kier alpha value is -3.71. The van der Waals surface area contributed by atoms with Crippen LogP contribution in [0.25, 0.3) is 0 Å². The van der Waals surface area contributed by atoms with E-state index in [9.17, 15) is 9.59 Å². The number of hydrogen-bond donors (Lipinski definition) is 1. The SMILES string of the molecule is COc1ccc([C@H]2[C@H](C(=O)Nc3cc(Cl)c(OC)cc3OC)c3ccccc3C(=O)N2C2CCCCC2)cc1. The molecule has 0 saturated heterocycles. The molecule has 7 nitrogen and oxygen atoms in total. The summed E-state index contributed by atoms with van der Waals surface area (Å²) in [5.74, 6) is 0.627. The number of benzene rings is 3. The number of fused-ring (bicyclic) bond motifs is 1. The van der Waals surface area contributed by atoms with Crippen LogP contribution in [-0.4, -0.2) is 44.1 Å². The van der Waals surface area contributed by atoms with Crippen LogP contribution in [0.1, 0.15) is 65.5 Å². The molecule has 0 bridgehead atoms. The first-order valence-corrected chi connectivity index (χ1v) is 13.6. The van der Waals surface area contributed by atoms with Crippen LogP contribution in [0.2, 0.25) is 5.02 Å². The Morgan fingerprint density at radius 1 is 0.897 bits per heavy atom. The molecule has 0 unspecified atom stereocenters. The van der Waals surface area contributed by atoms with Gasteiger partial charge in [0.05, 0.1) is 44.0 Å². The molecule has 5 rings (SSSR count). The second-order valence-corrected chi connectivity index (χ2v) is 10.4. The van der Waals surface area contributed by atoms with Crippen molar-refractivity contribution >= 4 is 29.1 Å². The van der Waals surface area contributed by atoms with Gasteiger partial charge in [-0.25, -0.2) is 0 Å². The predicted octanol–water partition coefficient (Wildman–Crippen LogP) is 6.62. The largest absolute Gasteiger partial charge is 0.497 e. The molecule has 2 atom stereocenters. The van der Waals surface area contributed by atoms with Crippen molar-refractivity contribution in [2.45, 2.75) is 50.1 Å². The molecule has 3 aromatic carbocycles. The summed E-state index contributed by atoms with van der Waals surface area (Å²) in [7, 11) is 4.67. The van der Waals surface area contributed by atoms with Gasteiger partial charge in [-0.15, -0.1) is 0 Å². The summed E-state index contributed by atoms with van der Waals surface area (Å²) in [6, 6.07) is 17.9. The van der Waals surface area contributed by atoms with Crippen molar-refractivity contribution in [1.29, 1.82) is 0 Å². The molecule has 1 aliphatic heterocycles. The van der Waals surface area contributed by atoms with E-state index in [4.69, 9.17) is 25.8 Å². The van der Waals surface area contributed by atoms with E-state index < -0.39 is 12.0 Å². The summed E-state index contributed by atoms with van der Waals surface area (Å²) >= 11 is 6.41. The normalized spacial score (nSPS) is 19.3. The number of nitrogens with one attached hydrogen (secondary N) is 1. The molecule has 1 N–H and O–H groups in total. The van der Waals surface area contributed by atoms with Crippen LogP contribution >= 0.6 is 11.6 Å². The number of nitrogens with zero attached hydrogens (tertiary/aromatic N) is 1. The van der Waals surface area contributed by atoms with Crippen molar-refractivity contribution in [2.75, 3.05) is 26.6 Å². The standard InChI is InChI=1S/C31H33ClN2O5/c1-37-21-15-13-19(14-16-21)29-28(30(35)33-25-17-24(32)26(38-2)18-27(25)39-3)22-11-7-8-12-23(22)31(36)34(29)20-9-5-4-6-10-20/h7-8,11-18,20,28-29H,4-6,9-10H2,1-3H3,(H,33,35)/t28-,29+/m1/s1. The summed E-state index contributed by atoms with van der Waals surface area (Å²) in [5.41, 5.74) is 2.57. The molecule has 0 radical (unpaired) electrons. The lowest BCUT2D eigenvalue weighted by atomic mass is 9.77. The zero-order valence-electron chi connectivity index (χ0n) is 22.4. The summed E-state index contributed by atoms with van der Waals surface area (Å²) in [6.45, 7) is 0. The van der Waals surface area contributed by atoms with Crippen molar-refractivity contribution in [3.05, 3.63) is 82.4 Å². The van der Waals surface area contributed by atoms with Crippen LogP contribution in [-0.2, 0) is 4.79 Å². The molecule has 39 heavy (non-hydrogen) atoms. The van der Waals surface area contributed by atoms with E-state index in [-0.39, 0.29) is 17.9 Å². The predicted molar refractivity (Wildman–Crippen MR) is 151 cm³/mol. The van der Waals surface area contributed by atoms with Gasteiger partial charge in [-0.1, -0.05) is 61.2 Å². The Morgan fingerprint density at radius 2 is 1.59 bits per heavy atom. The second-order valence-electron chi connectivity index (χ2n) is 9.96. The van der Waals surface area contributed by atoms with Gasteiger partial charge in [-0.3, -0.25) is 9.59 Å². The summed E-state index contributed by atoms with van der Waals surface area (Å²) in [5, 5.41) is 3.41. The maximum Gasteiger partial charge on any atom is 0.254 e. The number of halogens is 1. The Morgan fingerprint density at radius 3 is 2.26 bits per heavy atom. The quantitative estimate of drug-likeness (QED) is 0.359. The number of anilines is 1. The highest BCUT2D eigenvalue weighted by Crippen LogP contribution is 2.47. The maximum atomic E-state index is 14.3. The van der Waals surface area contributed by atoms with Crippen LogP contribution in [0.5, 0.6) is 17.2 Å². The Kier molecular flexibility index (Phi) is 7.98. The van der Waals surface area contributed by atoms with Gasteiger partial charge < -0.3 is 24.4 Å².